The minimum atomic E-state index is -1.28. The summed E-state index contributed by atoms with van der Waals surface area (Å²) < 4.78 is 62.7. The molecule has 12 N–H and O–H groups in total. The van der Waals surface area contributed by atoms with Gasteiger partial charge in [-0.25, -0.2) is 52.7 Å². The van der Waals surface area contributed by atoms with Gasteiger partial charge in [-0.3, -0.25) is 4.79 Å². The quantitative estimate of drug-likeness (QED) is 0.0199. The van der Waals surface area contributed by atoms with E-state index in [2.05, 4.69) is 44.2 Å². The molecule has 0 amide bonds. The summed E-state index contributed by atoms with van der Waals surface area (Å²) in [6.45, 7) is 33.6. The molecule has 0 aliphatic heterocycles. The van der Waals surface area contributed by atoms with Crippen LogP contribution >= 0.6 is 0 Å². The van der Waals surface area contributed by atoms with E-state index < -0.39 is 211 Å². The third-order valence-corrected chi connectivity index (χ3v) is 34.6. The van der Waals surface area contributed by atoms with Gasteiger partial charge in [0.15, 0.2) is 33.0 Å². The molecule has 24 bridgehead atoms. The van der Waals surface area contributed by atoms with Gasteiger partial charge in [-0.15, -0.1) is 0 Å². The van der Waals surface area contributed by atoms with E-state index in [4.69, 9.17) is 52.1 Å². The fourth-order valence-corrected chi connectivity index (χ4v) is 30.4. The van der Waals surface area contributed by atoms with E-state index in [9.17, 15) is 119 Å². The highest BCUT2D eigenvalue weighted by Crippen LogP contribution is 2.70. The fraction of sp³-hybridized carbons (Fsp3) is 0.762. The SMILES string of the molecule is C=C(C)C(=O)OCC(=O)OC12CC3(O)CC(O)(CC(O)(C3)C1C)C2.C=C(C)C(=O)OCC(=O)OC12CC3CC(CC(O)(C3)C1C)C2.C=C(C)C(=O)OCC(=O)OC12CC3CC(O)(CC(O)(C3)C1C)C2.C=CC(=O)OCC(=O)OC12CC3(O)CC(O)(CC(O)(C3)C1C)C2.C=CC(=O)OCC(=O)OC12CC3CC(O)(CC(O)(C3)C1C)C2.C=CC(=O)OCCCC(=O)OC12CC3CC(CC(O)(C3)C1C)C2. The molecule has 24 rings (SSSR count). The van der Waals surface area contributed by atoms with Crippen LogP contribution in [0.4, 0.5) is 0 Å². The Labute approximate surface area is 797 Å². The van der Waals surface area contributed by atoms with Gasteiger partial charge in [-0.2, -0.15) is 0 Å². The lowest BCUT2D eigenvalue weighted by Gasteiger charge is -2.67. The summed E-state index contributed by atoms with van der Waals surface area (Å²) in [4.78, 5) is 140. The Hall–Kier alpha value is -8.40. The normalized spacial score (nSPS) is 44.2. The lowest BCUT2D eigenvalue weighted by molar-refractivity contribution is -0.327. The topological polar surface area (TPSA) is 558 Å². The molecule has 0 aromatic carbocycles. The van der Waals surface area contributed by atoms with E-state index >= 15 is 0 Å². The highest BCUT2D eigenvalue weighted by atomic mass is 16.6. The number of rotatable bonds is 26. The molecule has 0 aromatic rings. The summed E-state index contributed by atoms with van der Waals surface area (Å²) in [6.07, 6.45) is 19.5. The third kappa shape index (κ3) is 21.6. The number of carbonyl (C=O) groups is 12. The van der Waals surface area contributed by atoms with E-state index in [0.717, 1.165) is 82.4 Å². The van der Waals surface area contributed by atoms with Crippen LogP contribution in [0.15, 0.2) is 74.4 Å². The molecule has 0 radical (unpaired) electrons. The second kappa shape index (κ2) is 37.5. The summed E-state index contributed by atoms with van der Waals surface area (Å²) in [6, 6.07) is 0. The second-order valence-electron chi connectivity index (χ2n) is 45.7. The van der Waals surface area contributed by atoms with E-state index in [1.807, 2.05) is 27.7 Å². The molecule has 24 saturated carbocycles. The average molecular weight is 1930 g/mol. The van der Waals surface area contributed by atoms with Crippen LogP contribution in [0.5, 0.6) is 0 Å². The molecular formula is C101H142O36. The smallest absolute Gasteiger partial charge is 0.344 e. The van der Waals surface area contributed by atoms with Crippen molar-refractivity contribution in [3.8, 4) is 0 Å². The molecule has 0 heterocycles. The van der Waals surface area contributed by atoms with Crippen LogP contribution in [-0.4, -0.2) is 273 Å². The maximum absolute atomic E-state index is 12.2. The first-order chi connectivity index (χ1) is 63.3. The van der Waals surface area contributed by atoms with Crippen LogP contribution in [0.25, 0.3) is 0 Å². The number of carbonyl (C=O) groups excluding carboxylic acids is 12. The van der Waals surface area contributed by atoms with Crippen molar-refractivity contribution >= 4 is 71.6 Å². The molecule has 24 fully saturated rings. The van der Waals surface area contributed by atoms with E-state index in [0.29, 0.717) is 94.3 Å². The van der Waals surface area contributed by atoms with Crippen molar-refractivity contribution in [2.45, 2.75) is 369 Å². The molecular weight excluding hydrogens is 1790 g/mol. The van der Waals surface area contributed by atoms with Crippen LogP contribution in [0, 0.1) is 71.0 Å². The highest BCUT2D eigenvalue weighted by Gasteiger charge is 2.77. The Balaban J connectivity index is 0.000000139. The molecule has 0 saturated heterocycles. The van der Waals surface area contributed by atoms with Crippen LogP contribution < -0.4 is 0 Å². The van der Waals surface area contributed by atoms with Gasteiger partial charge in [0, 0.05) is 167 Å². The van der Waals surface area contributed by atoms with Crippen molar-refractivity contribution in [2.24, 2.45) is 71.0 Å². The lowest BCUT2D eigenvalue weighted by atomic mass is 9.45. The van der Waals surface area contributed by atoms with Gasteiger partial charge in [0.1, 0.15) is 33.6 Å². The molecule has 762 valence electrons. The fourth-order valence-electron chi connectivity index (χ4n) is 30.4. The Kier molecular flexibility index (Phi) is 29.0. The van der Waals surface area contributed by atoms with Crippen LogP contribution in [0.3, 0.4) is 0 Å². The first-order valence-electron chi connectivity index (χ1n) is 48.2. The molecule has 24 aliphatic carbocycles. The van der Waals surface area contributed by atoms with Crippen molar-refractivity contribution in [2.75, 3.05) is 39.6 Å². The average Bonchev–Trinajstić information content (AvgIpc) is 0.685. The van der Waals surface area contributed by atoms with Gasteiger partial charge in [-0.1, -0.05) is 81.0 Å². The maximum atomic E-state index is 12.2. The van der Waals surface area contributed by atoms with Crippen LogP contribution in [0.1, 0.15) is 268 Å². The zero-order valence-electron chi connectivity index (χ0n) is 80.4. The minimum absolute atomic E-state index is 0.00894. The number of hydrogen-bond acceptors (Lipinski definition) is 36. The minimum Gasteiger partial charge on any atom is -0.463 e. The number of esters is 12. The predicted octanol–water partition coefficient (Wildman–Crippen LogP) is 6.17. The van der Waals surface area contributed by atoms with Gasteiger partial charge in [0.2, 0.25) is 0 Å². The number of hydrogen-bond donors (Lipinski definition) is 12. The van der Waals surface area contributed by atoms with Crippen molar-refractivity contribution in [3.05, 3.63) is 74.4 Å². The maximum Gasteiger partial charge on any atom is 0.344 e. The lowest BCUT2D eigenvalue weighted by Crippen LogP contribution is -2.76. The molecule has 36 heteroatoms. The van der Waals surface area contributed by atoms with E-state index in [1.165, 1.54) is 20.8 Å². The largest absolute Gasteiger partial charge is 0.463 e. The number of ether oxygens (including phenoxy) is 12. The first-order valence-corrected chi connectivity index (χ1v) is 48.2. The highest BCUT2D eigenvalue weighted by molar-refractivity contribution is 5.90. The van der Waals surface area contributed by atoms with E-state index in [1.54, 1.807) is 13.8 Å². The summed E-state index contributed by atoms with van der Waals surface area (Å²) in [5, 5.41) is 129. The number of aliphatic hydroxyl groups is 12. The van der Waals surface area contributed by atoms with Crippen LogP contribution in [-0.2, 0) is 114 Å². The zero-order valence-corrected chi connectivity index (χ0v) is 80.4. The van der Waals surface area contributed by atoms with Crippen molar-refractivity contribution < 1.29 is 176 Å². The zero-order chi connectivity index (χ0) is 101. The first kappa shape index (κ1) is 106. The standard InChI is InChI=1S/C18H26O5.C17H24O7.C17H24O6.C17H24O5.C16H22O7.C16H22O6/c1-3-15(19)22-6-4-5-16(20)23-18-10-13-7-14(11-18)9-17(21,8-13)12(18)2;1-10(2)13(19)23-4-12(18)24-17-8-14(20)5-15(21,9-17)7-16(22,6-14)11(17)3;1-10(2)14(19)22-7-13(18)23-17-6-12-4-15(20,9-17)8-16(21,5-12)11(17)3;1-10(2)15(19)21-9-14(18)22-17-7-12-4-13(8-17)6-16(20,5-12)11(17)3;1-3-11(17)22-4-12(18)23-16-8-13(19)5-14(20,9-16)7-15(21,6-13)10(16)2;1-3-12(17)21-7-13(18)22-16-6-11-4-14(19,9-16)8-15(20,5-11)10(16)2/h3,12-14,21H,1,4-11H2,2H3;11,20-22H,1,4-9H2,2-3H3;11-12,20-21H,1,4-9H2,2-3H3;11-13,20H,1,4-9H2,2-3H3;3,10,19-21H,1,4-9H2,2H3;3,10-11,19-20H,1,4-9H2,2H3. The van der Waals surface area contributed by atoms with Gasteiger partial charge in [-0.05, 0) is 165 Å². The predicted molar refractivity (Wildman–Crippen MR) is 477 cm³/mol. The van der Waals surface area contributed by atoms with E-state index in [-0.39, 0.29) is 135 Å². The Morgan fingerprint density at radius 2 is 0.496 bits per heavy atom. The van der Waals surface area contributed by atoms with Crippen molar-refractivity contribution in [3.63, 3.8) is 0 Å². The molecule has 36 nitrogen and oxygen atoms in total. The monoisotopic (exact) mass is 1930 g/mol. The van der Waals surface area contributed by atoms with Gasteiger partial charge < -0.3 is 118 Å². The summed E-state index contributed by atoms with van der Waals surface area (Å²) in [5.41, 5.74) is -17.4. The Morgan fingerprint density at radius 3 is 0.788 bits per heavy atom. The molecule has 137 heavy (non-hydrogen) atoms. The summed E-state index contributed by atoms with van der Waals surface area (Å²) in [7, 11) is 0. The summed E-state index contributed by atoms with van der Waals surface area (Å²) >= 11 is 0. The van der Waals surface area contributed by atoms with Crippen molar-refractivity contribution in [1.82, 2.24) is 0 Å². The van der Waals surface area contributed by atoms with Gasteiger partial charge in [0.25, 0.3) is 0 Å². The molecule has 22 unspecified atom stereocenters. The van der Waals surface area contributed by atoms with Crippen LogP contribution in [0.2, 0.25) is 0 Å². The Morgan fingerprint density at radius 1 is 0.263 bits per heavy atom. The molecule has 24 aliphatic rings. The second-order valence-corrected chi connectivity index (χ2v) is 45.7. The summed E-state index contributed by atoms with van der Waals surface area (Å²) in [5.74, 6) is -6.82. The molecule has 0 spiro atoms. The third-order valence-electron chi connectivity index (χ3n) is 34.6. The van der Waals surface area contributed by atoms with Gasteiger partial charge >= 0.3 is 71.6 Å². The Bertz CT molecular complexity index is 4760. The molecule has 0 aromatic heterocycles. The molecule has 22 atom stereocenters. The van der Waals surface area contributed by atoms with Gasteiger partial charge in [0.05, 0.1) is 73.8 Å². The van der Waals surface area contributed by atoms with Crippen molar-refractivity contribution in [1.29, 1.82) is 0 Å².